The normalized spacial score (nSPS) is 20.8. The average molecular weight is 314 g/mol. The molecule has 1 saturated carbocycles. The molecule has 114 valence electrons. The fourth-order valence-electron chi connectivity index (χ4n) is 2.04. The van der Waals surface area contributed by atoms with Crippen LogP contribution in [0.1, 0.15) is 18.9 Å². The molecule has 2 atom stereocenters. The molecule has 1 fully saturated rings. The molecule has 1 aliphatic carbocycles. The van der Waals surface area contributed by atoms with Crippen LogP contribution in [0.5, 0.6) is 0 Å². The van der Waals surface area contributed by atoms with Crippen molar-refractivity contribution in [2.45, 2.75) is 18.2 Å². The molecular weight excluding hydrogens is 298 g/mol. The van der Waals surface area contributed by atoms with E-state index in [4.69, 9.17) is 5.73 Å². The van der Waals surface area contributed by atoms with E-state index in [0.29, 0.717) is 12.0 Å². The summed E-state index contributed by atoms with van der Waals surface area (Å²) in [5.74, 6) is 3.49. The first-order valence-corrected chi connectivity index (χ1v) is 8.01. The second-order valence-electron chi connectivity index (χ2n) is 5.10. The van der Waals surface area contributed by atoms with E-state index in [2.05, 4.69) is 16.6 Å². The number of benzene rings is 1. The Hall–Kier alpha value is -1.49. The zero-order chi connectivity index (χ0) is 15.6. The first-order chi connectivity index (χ1) is 9.85. The lowest BCUT2D eigenvalue weighted by molar-refractivity contribution is 0.539. The van der Waals surface area contributed by atoms with E-state index >= 15 is 0 Å². The summed E-state index contributed by atoms with van der Waals surface area (Å²) in [5, 5.41) is 0. The zero-order valence-electron chi connectivity index (χ0n) is 11.5. The maximum atomic E-state index is 13.9. The molecule has 3 N–H and O–H groups in total. The monoisotopic (exact) mass is 314 g/mol. The van der Waals surface area contributed by atoms with Gasteiger partial charge in [-0.1, -0.05) is 18.8 Å². The van der Waals surface area contributed by atoms with E-state index in [9.17, 15) is 17.2 Å². The molecule has 0 aliphatic heterocycles. The van der Waals surface area contributed by atoms with Gasteiger partial charge < -0.3 is 5.73 Å². The molecule has 1 aliphatic rings. The van der Waals surface area contributed by atoms with E-state index in [1.54, 1.807) is 0 Å². The lowest BCUT2D eigenvalue weighted by Crippen LogP contribution is -2.28. The molecule has 0 spiro atoms. The minimum atomic E-state index is -4.08. The average Bonchev–Trinajstić information content (AvgIpc) is 3.09. The second-order valence-corrected chi connectivity index (χ2v) is 6.80. The van der Waals surface area contributed by atoms with Crippen LogP contribution >= 0.6 is 0 Å². The van der Waals surface area contributed by atoms with Crippen LogP contribution in [0.25, 0.3) is 0 Å². The van der Waals surface area contributed by atoms with E-state index < -0.39 is 26.6 Å². The summed E-state index contributed by atoms with van der Waals surface area (Å²) in [4.78, 5) is -0.627. The highest BCUT2D eigenvalue weighted by Crippen LogP contribution is 2.37. The largest absolute Gasteiger partial charge is 0.320 e. The maximum absolute atomic E-state index is 13.9. The van der Waals surface area contributed by atoms with Crippen molar-refractivity contribution in [2.75, 3.05) is 13.1 Å². The van der Waals surface area contributed by atoms with E-state index in [0.717, 1.165) is 12.5 Å². The number of nitrogens with two attached hydrogens (primary N) is 1. The summed E-state index contributed by atoms with van der Waals surface area (Å²) in [6.45, 7) is 2.21. The van der Waals surface area contributed by atoms with Crippen LogP contribution in [-0.2, 0) is 10.0 Å². The maximum Gasteiger partial charge on any atom is 0.244 e. The Morgan fingerprint density at radius 2 is 2.10 bits per heavy atom. The van der Waals surface area contributed by atoms with Gasteiger partial charge in [0.1, 0.15) is 16.5 Å². The number of nitrogens with one attached hydrogen (secondary N) is 1. The summed E-state index contributed by atoms with van der Waals surface area (Å²) in [6, 6.07) is 1.42. The molecule has 2 rings (SSSR count). The minimum absolute atomic E-state index is 0.0371. The van der Waals surface area contributed by atoms with Gasteiger partial charge in [0.05, 0.1) is 12.1 Å². The number of halogens is 2. The number of hydrogen-bond acceptors (Lipinski definition) is 3. The molecule has 0 amide bonds. The Morgan fingerprint density at radius 3 is 2.67 bits per heavy atom. The van der Waals surface area contributed by atoms with Gasteiger partial charge in [-0.2, -0.15) is 0 Å². The molecule has 2 unspecified atom stereocenters. The van der Waals surface area contributed by atoms with Crippen LogP contribution < -0.4 is 10.5 Å². The highest BCUT2D eigenvalue weighted by Gasteiger charge is 2.34. The number of rotatable bonds is 4. The third kappa shape index (κ3) is 3.79. The smallest absolute Gasteiger partial charge is 0.244 e. The number of hydrogen-bond donors (Lipinski definition) is 2. The fourth-order valence-corrected chi connectivity index (χ4v) is 3.34. The number of sulfonamides is 1. The first-order valence-electron chi connectivity index (χ1n) is 6.53. The third-order valence-electron chi connectivity index (χ3n) is 3.41. The highest BCUT2D eigenvalue weighted by molar-refractivity contribution is 7.89. The van der Waals surface area contributed by atoms with Gasteiger partial charge in [0.15, 0.2) is 0 Å². The van der Waals surface area contributed by atoms with Crippen molar-refractivity contribution in [3.63, 3.8) is 0 Å². The van der Waals surface area contributed by atoms with Gasteiger partial charge in [0.25, 0.3) is 0 Å². The molecular formula is C14H16F2N2O2S. The topological polar surface area (TPSA) is 72.2 Å². The van der Waals surface area contributed by atoms with Crippen LogP contribution in [-0.4, -0.2) is 21.5 Å². The van der Waals surface area contributed by atoms with Gasteiger partial charge in [-0.3, -0.25) is 0 Å². The lowest BCUT2D eigenvalue weighted by Gasteiger charge is -2.09. The predicted octanol–water partition coefficient (Wildman–Crippen LogP) is 1.21. The summed E-state index contributed by atoms with van der Waals surface area (Å²) >= 11 is 0. The highest BCUT2D eigenvalue weighted by atomic mass is 32.2. The van der Waals surface area contributed by atoms with Gasteiger partial charge >= 0.3 is 0 Å². The molecule has 1 aromatic carbocycles. The standard InChI is InChI=1S/C14H16F2N2O2S/c1-9-5-11(9)8-18-21(19,20)14-10(3-2-4-17)6-12(15)7-13(14)16/h6-7,9,11,18H,4-5,8,17H2,1H3. The first kappa shape index (κ1) is 15.9. The molecule has 7 heteroatoms. The molecule has 0 heterocycles. The Kier molecular flexibility index (Phi) is 4.61. The van der Waals surface area contributed by atoms with Crippen LogP contribution in [0.3, 0.4) is 0 Å². The Labute approximate surface area is 122 Å². The van der Waals surface area contributed by atoms with Crippen LogP contribution in [0, 0.1) is 35.3 Å². The van der Waals surface area contributed by atoms with Crippen molar-refractivity contribution in [3.8, 4) is 11.8 Å². The molecule has 1 aromatic rings. The van der Waals surface area contributed by atoms with Crippen molar-refractivity contribution in [1.29, 1.82) is 0 Å². The Balaban J connectivity index is 2.36. The third-order valence-corrected chi connectivity index (χ3v) is 4.91. The second kappa shape index (κ2) is 6.10. The van der Waals surface area contributed by atoms with E-state index in [-0.39, 0.29) is 24.6 Å². The summed E-state index contributed by atoms with van der Waals surface area (Å²) in [7, 11) is -4.08. The molecule has 21 heavy (non-hydrogen) atoms. The summed E-state index contributed by atoms with van der Waals surface area (Å²) < 4.78 is 53.9. The molecule has 4 nitrogen and oxygen atoms in total. The molecule has 0 radical (unpaired) electrons. The van der Waals surface area contributed by atoms with Crippen molar-refractivity contribution < 1.29 is 17.2 Å². The van der Waals surface area contributed by atoms with Crippen molar-refractivity contribution >= 4 is 10.0 Å². The van der Waals surface area contributed by atoms with Gasteiger partial charge in [0, 0.05) is 12.6 Å². The summed E-state index contributed by atoms with van der Waals surface area (Å²) in [5.41, 5.74) is 4.98. The van der Waals surface area contributed by atoms with Crippen molar-refractivity contribution in [2.24, 2.45) is 17.6 Å². The Morgan fingerprint density at radius 1 is 1.43 bits per heavy atom. The van der Waals surface area contributed by atoms with Crippen molar-refractivity contribution in [1.82, 2.24) is 4.72 Å². The predicted molar refractivity (Wildman–Crippen MR) is 74.7 cm³/mol. The van der Waals surface area contributed by atoms with E-state index in [1.807, 2.05) is 6.92 Å². The zero-order valence-corrected chi connectivity index (χ0v) is 12.3. The summed E-state index contributed by atoms with van der Waals surface area (Å²) in [6.07, 6.45) is 0.939. The van der Waals surface area contributed by atoms with Crippen LogP contribution in [0.2, 0.25) is 0 Å². The van der Waals surface area contributed by atoms with Crippen LogP contribution in [0.15, 0.2) is 17.0 Å². The lowest BCUT2D eigenvalue weighted by atomic mass is 10.2. The quantitative estimate of drug-likeness (QED) is 0.821. The van der Waals surface area contributed by atoms with Crippen LogP contribution in [0.4, 0.5) is 8.78 Å². The Bertz CT molecular complexity index is 708. The molecule has 0 aromatic heterocycles. The molecule has 0 bridgehead atoms. The van der Waals surface area contributed by atoms with Crippen molar-refractivity contribution in [3.05, 3.63) is 29.3 Å². The van der Waals surface area contributed by atoms with Gasteiger partial charge in [0.2, 0.25) is 10.0 Å². The van der Waals surface area contributed by atoms with Gasteiger partial charge in [-0.25, -0.2) is 21.9 Å². The minimum Gasteiger partial charge on any atom is -0.320 e. The SMILES string of the molecule is CC1CC1CNS(=O)(=O)c1c(F)cc(F)cc1C#CCN. The fraction of sp³-hybridized carbons (Fsp3) is 0.429. The molecule has 0 saturated heterocycles. The van der Waals surface area contributed by atoms with Gasteiger partial charge in [-0.15, -0.1) is 0 Å². The van der Waals surface area contributed by atoms with Gasteiger partial charge in [-0.05, 0) is 24.3 Å². The van der Waals surface area contributed by atoms with E-state index in [1.165, 1.54) is 0 Å².